The van der Waals surface area contributed by atoms with Crippen molar-refractivity contribution < 1.29 is 33.7 Å². The number of anilines is 1. The third-order valence-corrected chi connectivity index (χ3v) is 5.35. The van der Waals surface area contributed by atoms with Gasteiger partial charge in [0.2, 0.25) is 0 Å². The second-order valence-electron chi connectivity index (χ2n) is 7.72. The van der Waals surface area contributed by atoms with E-state index in [1.54, 1.807) is 6.92 Å². The number of ether oxygens (including phenoxy) is 1. The van der Waals surface area contributed by atoms with Crippen LogP contribution in [-0.2, 0) is 17.6 Å². The minimum atomic E-state index is -1.29. The zero-order valence-corrected chi connectivity index (χ0v) is 20.4. The first-order chi connectivity index (χ1) is 17.6. The molecule has 37 heavy (non-hydrogen) atoms. The lowest BCUT2D eigenvalue weighted by Gasteiger charge is -2.15. The summed E-state index contributed by atoms with van der Waals surface area (Å²) in [6.07, 6.45) is 4.93. The van der Waals surface area contributed by atoms with Crippen molar-refractivity contribution in [2.45, 2.75) is 26.2 Å². The number of hydrogen-bond donors (Lipinski definition) is 4. The Balaban J connectivity index is 2.29. The van der Waals surface area contributed by atoms with Crippen molar-refractivity contribution in [1.29, 1.82) is 5.53 Å². The van der Waals surface area contributed by atoms with Crippen LogP contribution in [0.3, 0.4) is 0 Å². The largest absolute Gasteiger partial charge is 0.496 e. The summed E-state index contributed by atoms with van der Waals surface area (Å²) in [4.78, 5) is 39.6. The van der Waals surface area contributed by atoms with Crippen LogP contribution in [0.25, 0.3) is 0 Å². The minimum absolute atomic E-state index is 0.0190. The Hall–Kier alpha value is -4.74. The fourth-order valence-electron chi connectivity index (χ4n) is 3.57. The fraction of sp³-hybridized carbons (Fsp3) is 0.240. The molecule has 0 spiro atoms. The van der Waals surface area contributed by atoms with Crippen LogP contribution in [0, 0.1) is 18.3 Å². The van der Waals surface area contributed by atoms with E-state index in [0.29, 0.717) is 36.0 Å². The summed E-state index contributed by atoms with van der Waals surface area (Å²) in [5, 5.41) is 27.4. The number of nitrogens with zero attached hydrogens (tertiary/aromatic N) is 3. The molecule has 2 rings (SSSR count). The average molecular weight is 512 g/mol. The van der Waals surface area contributed by atoms with Crippen molar-refractivity contribution in [3.05, 3.63) is 70.1 Å². The molecule has 1 amide bonds. The number of carboxylic acid groups (broad SMARTS) is 2. The van der Waals surface area contributed by atoms with Gasteiger partial charge in [-0.15, -0.1) is 5.10 Å². The maximum absolute atomic E-state index is 14.4. The lowest BCUT2D eigenvalue weighted by atomic mass is 9.98. The van der Waals surface area contributed by atoms with Gasteiger partial charge in [0.25, 0.3) is 5.91 Å². The van der Waals surface area contributed by atoms with Crippen LogP contribution in [0.1, 0.15) is 43.8 Å². The van der Waals surface area contributed by atoms with Gasteiger partial charge in [-0.25, -0.2) is 14.0 Å². The number of benzene rings is 2. The first-order valence-corrected chi connectivity index (χ1v) is 10.9. The Bertz CT molecular complexity index is 1300. The number of hydrogen-bond acceptors (Lipinski definition) is 7. The van der Waals surface area contributed by atoms with Gasteiger partial charge in [0.1, 0.15) is 17.3 Å². The molecule has 0 saturated heterocycles. The van der Waals surface area contributed by atoms with Crippen molar-refractivity contribution >= 4 is 35.5 Å². The van der Waals surface area contributed by atoms with E-state index < -0.39 is 23.7 Å². The molecule has 12 heteroatoms. The number of allylic oxidation sites excluding steroid dienone is 1. The maximum Gasteiger partial charge on any atom is 0.337 e. The number of carbonyl (C=O) groups is 3. The van der Waals surface area contributed by atoms with Crippen molar-refractivity contribution in [1.82, 2.24) is 0 Å². The van der Waals surface area contributed by atoms with Crippen LogP contribution in [0.2, 0.25) is 0 Å². The van der Waals surface area contributed by atoms with Crippen molar-refractivity contribution in [2.75, 3.05) is 19.5 Å². The zero-order valence-electron chi connectivity index (χ0n) is 20.4. The fourth-order valence-corrected chi connectivity index (χ4v) is 3.57. The number of aromatic carboxylic acids is 2. The standard InChI is InChI=1S/C25H26FN5O6/c1-14-10-15(19(26)12-17(14)24(33)34)6-4-7-16-11-21(18(25(35)36)13-22(16)37-3)30-23(32)20(28-2)8-5-9-29-31-27/h5,8-13,27H,4,6-7H2,1-3H3,(H,30,32)(H,33,34)(H,35,36)/b8-5-,28-20?,29-9+,31-27?. The van der Waals surface area contributed by atoms with Gasteiger partial charge in [0.05, 0.1) is 30.1 Å². The predicted octanol–water partition coefficient (Wildman–Crippen LogP) is 4.30. The molecule has 2 aromatic carbocycles. The van der Waals surface area contributed by atoms with Crippen LogP contribution in [-0.4, -0.2) is 54.1 Å². The van der Waals surface area contributed by atoms with E-state index >= 15 is 0 Å². The van der Waals surface area contributed by atoms with Crippen molar-refractivity contribution in [2.24, 2.45) is 15.3 Å². The number of methoxy groups -OCH3 is 1. The second kappa shape index (κ2) is 13.4. The van der Waals surface area contributed by atoms with E-state index in [1.807, 2.05) is 0 Å². The third kappa shape index (κ3) is 7.62. The highest BCUT2D eigenvalue weighted by atomic mass is 19.1. The molecular weight excluding hydrogens is 485 g/mol. The molecule has 11 nitrogen and oxygen atoms in total. The molecule has 0 aromatic heterocycles. The summed E-state index contributed by atoms with van der Waals surface area (Å²) in [6.45, 7) is 1.59. The second-order valence-corrected chi connectivity index (χ2v) is 7.72. The highest BCUT2D eigenvalue weighted by molar-refractivity contribution is 6.47. The Labute approximate surface area is 211 Å². The van der Waals surface area contributed by atoms with E-state index in [1.165, 1.54) is 50.7 Å². The highest BCUT2D eigenvalue weighted by Gasteiger charge is 2.19. The van der Waals surface area contributed by atoms with Crippen LogP contribution in [0.5, 0.6) is 5.75 Å². The van der Waals surface area contributed by atoms with E-state index in [-0.39, 0.29) is 28.3 Å². The number of aliphatic imine (C=N–C) groups is 1. The molecule has 0 atom stereocenters. The Morgan fingerprint density at radius 2 is 1.76 bits per heavy atom. The van der Waals surface area contributed by atoms with E-state index in [9.17, 15) is 23.9 Å². The Morgan fingerprint density at radius 3 is 2.35 bits per heavy atom. The SMILES string of the molecule is CN=C(/C=C\C=N\N=N)C(=O)Nc1cc(CCCc2cc(C)c(C(=O)O)cc2F)c(OC)cc1C(=O)O. The van der Waals surface area contributed by atoms with Gasteiger partial charge in [-0.1, -0.05) is 11.3 Å². The first kappa shape index (κ1) is 28.5. The quantitative estimate of drug-likeness (QED) is 0.188. The number of rotatable bonds is 12. The molecule has 0 fully saturated rings. The smallest absolute Gasteiger partial charge is 0.337 e. The molecule has 0 radical (unpaired) electrons. The van der Waals surface area contributed by atoms with Gasteiger partial charge in [-0.3, -0.25) is 9.79 Å². The van der Waals surface area contributed by atoms with Gasteiger partial charge < -0.3 is 20.3 Å². The first-order valence-electron chi connectivity index (χ1n) is 10.9. The molecule has 194 valence electrons. The maximum atomic E-state index is 14.4. The van der Waals surface area contributed by atoms with Crippen LogP contribution in [0.15, 0.2) is 51.7 Å². The Kier molecular flexibility index (Phi) is 10.3. The van der Waals surface area contributed by atoms with Crippen LogP contribution >= 0.6 is 0 Å². The van der Waals surface area contributed by atoms with Gasteiger partial charge in [0.15, 0.2) is 0 Å². The number of amides is 1. The zero-order chi connectivity index (χ0) is 27.5. The lowest BCUT2D eigenvalue weighted by molar-refractivity contribution is -0.110. The Morgan fingerprint density at radius 1 is 1.08 bits per heavy atom. The third-order valence-electron chi connectivity index (χ3n) is 5.35. The molecule has 0 aliphatic rings. The van der Waals surface area contributed by atoms with Crippen molar-refractivity contribution in [3.63, 3.8) is 0 Å². The number of halogens is 1. The molecular formula is C25H26FN5O6. The predicted molar refractivity (Wildman–Crippen MR) is 135 cm³/mol. The molecule has 0 heterocycles. The van der Waals surface area contributed by atoms with Crippen LogP contribution < -0.4 is 10.1 Å². The van der Waals surface area contributed by atoms with E-state index in [0.717, 1.165) is 6.07 Å². The topological polar surface area (TPSA) is 174 Å². The molecule has 0 unspecified atom stereocenters. The normalized spacial score (nSPS) is 11.6. The monoisotopic (exact) mass is 511 g/mol. The van der Waals surface area contributed by atoms with Crippen molar-refractivity contribution in [3.8, 4) is 5.75 Å². The summed E-state index contributed by atoms with van der Waals surface area (Å²) in [5.74, 6) is -3.50. The lowest BCUT2D eigenvalue weighted by Crippen LogP contribution is -2.23. The summed E-state index contributed by atoms with van der Waals surface area (Å²) in [7, 11) is 2.76. The van der Waals surface area contributed by atoms with Gasteiger partial charge in [-0.2, -0.15) is 5.53 Å². The molecule has 0 aliphatic heterocycles. The molecule has 2 aromatic rings. The molecule has 4 N–H and O–H groups in total. The molecule has 0 aliphatic carbocycles. The summed E-state index contributed by atoms with van der Waals surface area (Å²) < 4.78 is 19.8. The number of nitrogens with one attached hydrogen (secondary N) is 2. The summed E-state index contributed by atoms with van der Waals surface area (Å²) in [6, 6.07) is 5.27. The van der Waals surface area contributed by atoms with E-state index in [4.69, 9.17) is 15.4 Å². The number of carboxylic acids is 2. The number of carbonyl (C=O) groups excluding carboxylic acids is 1. The highest BCUT2D eigenvalue weighted by Crippen LogP contribution is 2.29. The number of aryl methyl sites for hydroxylation is 3. The van der Waals surface area contributed by atoms with Gasteiger partial charge in [-0.05, 0) is 73.2 Å². The summed E-state index contributed by atoms with van der Waals surface area (Å²) >= 11 is 0. The minimum Gasteiger partial charge on any atom is -0.496 e. The van der Waals surface area contributed by atoms with Crippen LogP contribution in [0.4, 0.5) is 10.1 Å². The molecule has 0 saturated carbocycles. The molecule has 0 bridgehead atoms. The van der Waals surface area contributed by atoms with E-state index in [2.05, 4.69) is 20.6 Å². The average Bonchev–Trinajstić information content (AvgIpc) is 2.85. The van der Waals surface area contributed by atoms with Gasteiger partial charge in [0, 0.05) is 7.05 Å². The summed E-state index contributed by atoms with van der Waals surface area (Å²) in [5.41, 5.74) is 7.67. The van der Waals surface area contributed by atoms with Gasteiger partial charge >= 0.3 is 11.9 Å².